The SMILES string of the molecule is CS(=O)(=O)Nc1cccc(C#C/C=C/C(=O)O)c1. The van der Waals surface area contributed by atoms with E-state index < -0.39 is 16.0 Å². The van der Waals surface area contributed by atoms with Crippen LogP contribution in [0.2, 0.25) is 0 Å². The van der Waals surface area contributed by atoms with Gasteiger partial charge in [-0.3, -0.25) is 4.72 Å². The molecular weight excluding hydrogens is 254 g/mol. The summed E-state index contributed by atoms with van der Waals surface area (Å²) in [7, 11) is -3.32. The van der Waals surface area contributed by atoms with Gasteiger partial charge in [0.1, 0.15) is 0 Å². The number of carbonyl (C=O) groups is 1. The summed E-state index contributed by atoms with van der Waals surface area (Å²) in [6.07, 6.45) is 3.19. The predicted molar refractivity (Wildman–Crippen MR) is 68.6 cm³/mol. The van der Waals surface area contributed by atoms with Crippen LogP contribution in [0.5, 0.6) is 0 Å². The summed E-state index contributed by atoms with van der Waals surface area (Å²) in [5.41, 5.74) is 0.991. The minimum Gasteiger partial charge on any atom is -0.478 e. The first-order chi connectivity index (χ1) is 8.37. The van der Waals surface area contributed by atoms with Crippen LogP contribution in [0.3, 0.4) is 0 Å². The van der Waals surface area contributed by atoms with Gasteiger partial charge in [0.2, 0.25) is 10.0 Å². The van der Waals surface area contributed by atoms with Gasteiger partial charge in [-0.25, -0.2) is 13.2 Å². The number of carboxylic acid groups (broad SMARTS) is 1. The Morgan fingerprint density at radius 1 is 1.44 bits per heavy atom. The largest absolute Gasteiger partial charge is 0.478 e. The second-order valence-electron chi connectivity index (χ2n) is 3.40. The van der Waals surface area contributed by atoms with Crippen LogP contribution < -0.4 is 4.72 Å². The molecule has 0 heterocycles. The van der Waals surface area contributed by atoms with Gasteiger partial charge < -0.3 is 5.11 Å². The number of sulfonamides is 1. The minimum absolute atomic E-state index is 0.409. The van der Waals surface area contributed by atoms with Crippen molar-refractivity contribution in [2.45, 2.75) is 0 Å². The molecule has 0 bridgehead atoms. The third kappa shape index (κ3) is 5.72. The fraction of sp³-hybridized carbons (Fsp3) is 0.0833. The minimum atomic E-state index is -3.32. The fourth-order valence-corrected chi connectivity index (χ4v) is 1.67. The van der Waals surface area contributed by atoms with Crippen molar-refractivity contribution >= 4 is 21.7 Å². The highest BCUT2D eigenvalue weighted by Crippen LogP contribution is 2.10. The van der Waals surface area contributed by atoms with Gasteiger partial charge in [-0.15, -0.1) is 0 Å². The van der Waals surface area contributed by atoms with Gasteiger partial charge >= 0.3 is 5.97 Å². The molecule has 5 nitrogen and oxygen atoms in total. The van der Waals surface area contributed by atoms with Crippen molar-refractivity contribution in [1.82, 2.24) is 0 Å². The highest BCUT2D eigenvalue weighted by molar-refractivity contribution is 7.92. The van der Waals surface area contributed by atoms with Crippen molar-refractivity contribution in [3.05, 3.63) is 42.0 Å². The molecule has 6 heteroatoms. The molecule has 0 aliphatic carbocycles. The molecule has 0 spiro atoms. The summed E-state index contributed by atoms with van der Waals surface area (Å²) in [6, 6.07) is 6.50. The first-order valence-corrected chi connectivity index (χ1v) is 6.75. The van der Waals surface area contributed by atoms with E-state index in [9.17, 15) is 13.2 Å². The van der Waals surface area contributed by atoms with Crippen molar-refractivity contribution in [3.8, 4) is 11.8 Å². The van der Waals surface area contributed by atoms with Crippen LogP contribution in [-0.4, -0.2) is 25.7 Å². The number of allylic oxidation sites excluding steroid dienone is 1. The topological polar surface area (TPSA) is 83.5 Å². The number of carboxylic acids is 1. The summed E-state index contributed by atoms with van der Waals surface area (Å²) in [5.74, 6) is 4.15. The maximum Gasteiger partial charge on any atom is 0.328 e. The Bertz CT molecular complexity index is 636. The van der Waals surface area contributed by atoms with Crippen molar-refractivity contribution < 1.29 is 18.3 Å². The van der Waals surface area contributed by atoms with Crippen molar-refractivity contribution in [1.29, 1.82) is 0 Å². The molecule has 1 aromatic carbocycles. The molecule has 0 fully saturated rings. The van der Waals surface area contributed by atoms with Crippen LogP contribution in [0.4, 0.5) is 5.69 Å². The zero-order valence-corrected chi connectivity index (χ0v) is 10.4. The number of benzene rings is 1. The summed E-state index contributed by atoms with van der Waals surface area (Å²) in [4.78, 5) is 10.2. The average molecular weight is 265 g/mol. The summed E-state index contributed by atoms with van der Waals surface area (Å²) < 4.78 is 24.4. The van der Waals surface area contributed by atoms with E-state index in [0.29, 0.717) is 11.3 Å². The number of rotatable bonds is 3. The molecule has 0 saturated heterocycles. The molecule has 0 radical (unpaired) electrons. The van der Waals surface area contributed by atoms with Crippen LogP contribution in [0.15, 0.2) is 36.4 Å². The fourth-order valence-electron chi connectivity index (χ4n) is 1.11. The molecule has 2 N–H and O–H groups in total. The predicted octanol–water partition coefficient (Wildman–Crippen LogP) is 1.05. The van der Waals surface area contributed by atoms with E-state index in [2.05, 4.69) is 16.6 Å². The lowest BCUT2D eigenvalue weighted by molar-refractivity contribution is -0.131. The number of nitrogens with one attached hydrogen (secondary N) is 1. The number of aliphatic carboxylic acids is 1. The molecule has 18 heavy (non-hydrogen) atoms. The van der Waals surface area contributed by atoms with Gasteiger partial charge in [0.05, 0.1) is 6.26 Å². The molecule has 0 amide bonds. The summed E-state index contributed by atoms with van der Waals surface area (Å²) in [6.45, 7) is 0. The first-order valence-electron chi connectivity index (χ1n) is 4.86. The Hall–Kier alpha value is -2.26. The second-order valence-corrected chi connectivity index (χ2v) is 5.14. The van der Waals surface area contributed by atoms with Crippen LogP contribution in [0.25, 0.3) is 0 Å². The van der Waals surface area contributed by atoms with E-state index in [1.54, 1.807) is 24.3 Å². The Morgan fingerprint density at radius 2 is 2.17 bits per heavy atom. The molecule has 0 saturated carbocycles. The maximum atomic E-state index is 11.0. The standard InChI is InChI=1S/C12H11NO4S/c1-18(16,17)13-11-7-4-6-10(9-11)5-2-3-8-12(14)15/h3-4,6-9,13H,1H3,(H,14,15)/b8-3+. The van der Waals surface area contributed by atoms with E-state index in [1.807, 2.05) is 0 Å². The van der Waals surface area contributed by atoms with Gasteiger partial charge in [0, 0.05) is 17.3 Å². The van der Waals surface area contributed by atoms with E-state index in [0.717, 1.165) is 12.3 Å². The van der Waals surface area contributed by atoms with Crippen molar-refractivity contribution in [3.63, 3.8) is 0 Å². The molecule has 0 aromatic heterocycles. The Morgan fingerprint density at radius 3 is 2.78 bits per heavy atom. The molecule has 1 rings (SSSR count). The lowest BCUT2D eigenvalue weighted by Crippen LogP contribution is -2.09. The van der Waals surface area contributed by atoms with E-state index in [1.165, 1.54) is 6.08 Å². The quantitative estimate of drug-likeness (QED) is 0.632. The Kier molecular flexibility index (Phi) is 4.52. The van der Waals surface area contributed by atoms with Crippen LogP contribution in [0.1, 0.15) is 5.56 Å². The third-order valence-electron chi connectivity index (χ3n) is 1.69. The van der Waals surface area contributed by atoms with E-state index in [-0.39, 0.29) is 0 Å². The molecule has 0 unspecified atom stereocenters. The van der Waals surface area contributed by atoms with Crippen LogP contribution in [-0.2, 0) is 14.8 Å². The second kappa shape index (κ2) is 5.89. The Labute approximate surface area is 105 Å². The summed E-state index contributed by atoms with van der Waals surface area (Å²) >= 11 is 0. The normalized spacial score (nSPS) is 10.7. The maximum absolute atomic E-state index is 11.0. The number of hydrogen-bond donors (Lipinski definition) is 2. The zero-order valence-electron chi connectivity index (χ0n) is 9.54. The van der Waals surface area contributed by atoms with E-state index in [4.69, 9.17) is 5.11 Å². The van der Waals surface area contributed by atoms with Gasteiger partial charge in [0.25, 0.3) is 0 Å². The number of anilines is 1. The zero-order chi connectivity index (χ0) is 13.6. The Balaban J connectivity index is 2.86. The highest BCUT2D eigenvalue weighted by atomic mass is 32.2. The van der Waals surface area contributed by atoms with Crippen LogP contribution in [0, 0.1) is 11.8 Å². The molecule has 0 atom stereocenters. The third-order valence-corrected chi connectivity index (χ3v) is 2.30. The van der Waals surface area contributed by atoms with Crippen LogP contribution >= 0.6 is 0 Å². The highest BCUT2D eigenvalue weighted by Gasteiger charge is 2.00. The molecule has 1 aromatic rings. The smallest absolute Gasteiger partial charge is 0.328 e. The van der Waals surface area contributed by atoms with E-state index >= 15 is 0 Å². The average Bonchev–Trinajstić information content (AvgIpc) is 2.22. The molecule has 0 aliphatic rings. The monoisotopic (exact) mass is 265 g/mol. The van der Waals surface area contributed by atoms with Crippen molar-refractivity contribution in [2.24, 2.45) is 0 Å². The molecule has 94 valence electrons. The lowest BCUT2D eigenvalue weighted by Gasteiger charge is -2.03. The van der Waals surface area contributed by atoms with Gasteiger partial charge in [-0.2, -0.15) is 0 Å². The van der Waals surface area contributed by atoms with Gasteiger partial charge in [-0.05, 0) is 24.3 Å². The molecular formula is C12H11NO4S. The van der Waals surface area contributed by atoms with Gasteiger partial charge in [0.15, 0.2) is 0 Å². The molecule has 0 aliphatic heterocycles. The van der Waals surface area contributed by atoms with Gasteiger partial charge in [-0.1, -0.05) is 17.9 Å². The lowest BCUT2D eigenvalue weighted by atomic mass is 10.2. The summed E-state index contributed by atoms with van der Waals surface area (Å²) in [5, 5.41) is 8.35. The van der Waals surface area contributed by atoms with Crippen molar-refractivity contribution in [2.75, 3.05) is 11.0 Å². The first kappa shape index (κ1) is 13.8. The number of hydrogen-bond acceptors (Lipinski definition) is 3.